The smallest absolute Gasteiger partial charge is 0.241 e. The highest BCUT2D eigenvalue weighted by atomic mass is 32.2. The summed E-state index contributed by atoms with van der Waals surface area (Å²) in [5.41, 5.74) is 1.24. The Balaban J connectivity index is 1.96. The van der Waals surface area contributed by atoms with Gasteiger partial charge < -0.3 is 4.74 Å². The molecule has 2 aromatic rings. The number of hydrogen-bond donors (Lipinski definition) is 1. The minimum absolute atomic E-state index is 0.261. The zero-order valence-corrected chi connectivity index (χ0v) is 14.6. The predicted molar refractivity (Wildman–Crippen MR) is 94.5 cm³/mol. The maximum Gasteiger partial charge on any atom is 0.241 e. The van der Waals surface area contributed by atoms with Crippen LogP contribution in [0.4, 0.5) is 0 Å². The van der Waals surface area contributed by atoms with E-state index in [0.717, 1.165) is 11.1 Å². The topological polar surface area (TPSA) is 55.4 Å². The first-order valence-electron chi connectivity index (χ1n) is 7.83. The average Bonchev–Trinajstić information content (AvgIpc) is 2.55. The lowest BCUT2D eigenvalue weighted by Crippen LogP contribution is -2.41. The molecule has 0 unspecified atom stereocenters. The van der Waals surface area contributed by atoms with Crippen LogP contribution in [0.2, 0.25) is 0 Å². The Morgan fingerprint density at radius 3 is 2.54 bits per heavy atom. The summed E-state index contributed by atoms with van der Waals surface area (Å²) < 4.78 is 34.3. The van der Waals surface area contributed by atoms with Crippen LogP contribution in [0.3, 0.4) is 0 Å². The van der Waals surface area contributed by atoms with E-state index in [0.29, 0.717) is 12.2 Å². The summed E-state index contributed by atoms with van der Waals surface area (Å²) in [4.78, 5) is 0.261. The van der Waals surface area contributed by atoms with Crippen LogP contribution in [0.25, 0.3) is 0 Å². The fourth-order valence-corrected chi connectivity index (χ4v) is 4.09. The lowest BCUT2D eigenvalue weighted by atomic mass is 9.89. The van der Waals surface area contributed by atoms with Crippen LogP contribution in [0.1, 0.15) is 30.5 Å². The highest BCUT2D eigenvalue weighted by Crippen LogP contribution is 2.40. The van der Waals surface area contributed by atoms with Crippen molar-refractivity contribution in [2.45, 2.75) is 36.8 Å². The molecule has 0 spiro atoms. The van der Waals surface area contributed by atoms with Crippen molar-refractivity contribution in [2.24, 2.45) is 0 Å². The van der Waals surface area contributed by atoms with Gasteiger partial charge in [-0.2, -0.15) is 0 Å². The molecule has 0 aliphatic carbocycles. The van der Waals surface area contributed by atoms with E-state index in [4.69, 9.17) is 4.74 Å². The predicted octanol–water partition coefficient (Wildman–Crippen LogP) is 3.74. The summed E-state index contributed by atoms with van der Waals surface area (Å²) >= 11 is 0. The number of sulfonamides is 1. The third-order valence-electron chi connectivity index (χ3n) is 4.31. The normalized spacial score (nSPS) is 23.2. The Labute approximate surface area is 143 Å². The first kappa shape index (κ1) is 16.7. The molecule has 0 fully saturated rings. The first-order valence-corrected chi connectivity index (χ1v) is 9.32. The van der Waals surface area contributed by atoms with Crippen molar-refractivity contribution >= 4 is 10.0 Å². The SMILES string of the molecule is C=C[C@@]1(C)C[C@H](NS(=O)(=O)c2ccc(C)cc2)c2ccccc2O1. The molecule has 0 amide bonds. The minimum Gasteiger partial charge on any atom is -0.483 e. The number of nitrogens with one attached hydrogen (secondary N) is 1. The van der Waals surface area contributed by atoms with Crippen molar-refractivity contribution in [2.75, 3.05) is 0 Å². The molecule has 3 rings (SSSR count). The maximum atomic E-state index is 12.7. The summed E-state index contributed by atoms with van der Waals surface area (Å²) in [7, 11) is -3.62. The van der Waals surface area contributed by atoms with Crippen molar-refractivity contribution < 1.29 is 13.2 Å². The van der Waals surface area contributed by atoms with Gasteiger partial charge in [0.15, 0.2) is 0 Å². The summed E-state index contributed by atoms with van der Waals surface area (Å²) in [6.07, 6.45) is 2.20. The number of para-hydroxylation sites is 1. The molecule has 1 N–H and O–H groups in total. The van der Waals surface area contributed by atoms with E-state index in [-0.39, 0.29) is 10.9 Å². The lowest BCUT2D eigenvalue weighted by molar-refractivity contribution is 0.0988. The van der Waals surface area contributed by atoms with E-state index in [9.17, 15) is 8.42 Å². The minimum atomic E-state index is -3.62. The molecule has 1 aliphatic rings. The van der Waals surface area contributed by atoms with Crippen LogP contribution < -0.4 is 9.46 Å². The molecule has 5 heteroatoms. The van der Waals surface area contributed by atoms with Crippen LogP contribution in [0, 0.1) is 6.92 Å². The zero-order valence-electron chi connectivity index (χ0n) is 13.8. The van der Waals surface area contributed by atoms with Crippen molar-refractivity contribution in [1.82, 2.24) is 4.72 Å². The average molecular weight is 343 g/mol. The molecular formula is C19H21NO3S. The Kier molecular flexibility index (Phi) is 4.24. The third-order valence-corrected chi connectivity index (χ3v) is 5.80. The Bertz CT molecular complexity index is 858. The van der Waals surface area contributed by atoms with Crippen molar-refractivity contribution in [1.29, 1.82) is 0 Å². The highest BCUT2D eigenvalue weighted by molar-refractivity contribution is 7.89. The molecule has 0 saturated heterocycles. The lowest BCUT2D eigenvalue weighted by Gasteiger charge is -2.38. The number of aryl methyl sites for hydroxylation is 1. The van der Waals surface area contributed by atoms with Crippen LogP contribution in [0.15, 0.2) is 66.1 Å². The Hall–Kier alpha value is -2.11. The summed E-state index contributed by atoms with van der Waals surface area (Å²) in [6, 6.07) is 13.9. The van der Waals surface area contributed by atoms with E-state index < -0.39 is 15.6 Å². The van der Waals surface area contributed by atoms with Gasteiger partial charge in [0.1, 0.15) is 11.4 Å². The van der Waals surface area contributed by atoms with Gasteiger partial charge in [0.25, 0.3) is 0 Å². The zero-order chi connectivity index (χ0) is 17.4. The fourth-order valence-electron chi connectivity index (χ4n) is 2.87. The highest BCUT2D eigenvalue weighted by Gasteiger charge is 2.37. The van der Waals surface area contributed by atoms with E-state index in [1.165, 1.54) is 0 Å². The van der Waals surface area contributed by atoms with Crippen LogP contribution in [-0.2, 0) is 10.0 Å². The molecule has 2 aromatic carbocycles. The van der Waals surface area contributed by atoms with E-state index >= 15 is 0 Å². The van der Waals surface area contributed by atoms with Gasteiger partial charge in [0, 0.05) is 12.0 Å². The van der Waals surface area contributed by atoms with Gasteiger partial charge in [-0.1, -0.05) is 42.5 Å². The molecule has 1 heterocycles. The van der Waals surface area contributed by atoms with Gasteiger partial charge in [0.2, 0.25) is 10.0 Å². The van der Waals surface area contributed by atoms with E-state index in [2.05, 4.69) is 11.3 Å². The number of ether oxygens (including phenoxy) is 1. The van der Waals surface area contributed by atoms with E-state index in [1.54, 1.807) is 30.3 Å². The molecule has 126 valence electrons. The number of fused-ring (bicyclic) bond motifs is 1. The van der Waals surface area contributed by atoms with Gasteiger partial charge in [-0.25, -0.2) is 13.1 Å². The molecule has 1 aliphatic heterocycles. The molecule has 2 atom stereocenters. The van der Waals surface area contributed by atoms with Crippen molar-refractivity contribution in [3.05, 3.63) is 72.3 Å². The van der Waals surface area contributed by atoms with Crippen LogP contribution >= 0.6 is 0 Å². The summed E-state index contributed by atoms with van der Waals surface area (Å²) in [5, 5.41) is 0. The van der Waals surface area contributed by atoms with Crippen molar-refractivity contribution in [3.8, 4) is 5.75 Å². The van der Waals surface area contributed by atoms with Gasteiger partial charge in [-0.15, -0.1) is 0 Å². The second-order valence-electron chi connectivity index (χ2n) is 6.35. The molecule has 0 bridgehead atoms. The molecular weight excluding hydrogens is 322 g/mol. The molecule has 0 aromatic heterocycles. The summed E-state index contributed by atoms with van der Waals surface area (Å²) in [5.74, 6) is 0.683. The Morgan fingerprint density at radius 1 is 1.21 bits per heavy atom. The second-order valence-corrected chi connectivity index (χ2v) is 8.06. The largest absolute Gasteiger partial charge is 0.483 e. The van der Waals surface area contributed by atoms with E-state index in [1.807, 2.05) is 38.1 Å². The molecule has 4 nitrogen and oxygen atoms in total. The van der Waals surface area contributed by atoms with Crippen LogP contribution in [0.5, 0.6) is 5.75 Å². The second kappa shape index (κ2) is 6.07. The Morgan fingerprint density at radius 2 is 1.88 bits per heavy atom. The maximum absolute atomic E-state index is 12.7. The van der Waals surface area contributed by atoms with Crippen molar-refractivity contribution in [3.63, 3.8) is 0 Å². The van der Waals surface area contributed by atoms with Gasteiger partial charge in [0.05, 0.1) is 10.9 Å². The van der Waals surface area contributed by atoms with Gasteiger partial charge in [-0.05, 0) is 38.1 Å². The third kappa shape index (κ3) is 3.23. The molecule has 24 heavy (non-hydrogen) atoms. The van der Waals surface area contributed by atoms with Crippen LogP contribution in [-0.4, -0.2) is 14.0 Å². The standard InChI is InChI=1S/C19H21NO3S/c1-4-19(3)13-17(16-7-5-6-8-18(16)23-19)20-24(21,22)15-11-9-14(2)10-12-15/h4-12,17,20H,1,13H2,2-3H3/t17-,19-/m0/s1. The van der Waals surface area contributed by atoms with Gasteiger partial charge >= 0.3 is 0 Å². The van der Waals surface area contributed by atoms with Gasteiger partial charge in [-0.3, -0.25) is 0 Å². The quantitative estimate of drug-likeness (QED) is 0.861. The number of rotatable bonds is 4. The number of hydrogen-bond acceptors (Lipinski definition) is 3. The monoisotopic (exact) mass is 343 g/mol. The molecule has 0 radical (unpaired) electrons. The first-order chi connectivity index (χ1) is 11.3. The molecule has 0 saturated carbocycles. The number of benzene rings is 2. The summed E-state index contributed by atoms with van der Waals surface area (Å²) in [6.45, 7) is 7.66. The fraction of sp³-hybridized carbons (Fsp3) is 0.263.